The van der Waals surface area contributed by atoms with Crippen molar-refractivity contribution in [3.8, 4) is 0 Å². The summed E-state index contributed by atoms with van der Waals surface area (Å²) < 4.78 is 0. The van der Waals surface area contributed by atoms with Gasteiger partial charge in [-0.3, -0.25) is 14.6 Å². The quantitative estimate of drug-likeness (QED) is 0.745. The third kappa shape index (κ3) is 3.29. The second kappa shape index (κ2) is 6.29. The Morgan fingerprint density at radius 3 is 3.05 bits per heavy atom. The first-order chi connectivity index (χ1) is 9.22. The number of amides is 2. The topological polar surface area (TPSA) is 74.3 Å². The molecule has 102 valence electrons. The van der Waals surface area contributed by atoms with E-state index in [1.54, 1.807) is 18.1 Å². The van der Waals surface area contributed by atoms with Gasteiger partial charge in [0.25, 0.3) is 0 Å². The number of aromatic nitrogens is 1. The highest BCUT2D eigenvalue weighted by molar-refractivity contribution is 5.88. The standard InChI is InChI=1S/C13H18N4O2/c1-14-13(19)11-9-15-6-7-17(11)12(18)8-10-4-2-3-5-16-10/h2-5,11,15H,6-9H2,1H3,(H,14,19). The molecular formula is C13H18N4O2. The average molecular weight is 262 g/mol. The number of likely N-dealkylation sites (N-methyl/N-ethyl adjacent to an activating group) is 1. The fourth-order valence-electron chi connectivity index (χ4n) is 2.16. The summed E-state index contributed by atoms with van der Waals surface area (Å²) in [5.74, 6) is -0.199. The maximum Gasteiger partial charge on any atom is 0.243 e. The van der Waals surface area contributed by atoms with Crippen LogP contribution in [0.1, 0.15) is 5.69 Å². The van der Waals surface area contributed by atoms with Crippen LogP contribution in [-0.4, -0.2) is 54.4 Å². The van der Waals surface area contributed by atoms with Crippen LogP contribution in [0.15, 0.2) is 24.4 Å². The molecule has 1 fully saturated rings. The summed E-state index contributed by atoms with van der Waals surface area (Å²) in [6, 6.07) is 5.04. The van der Waals surface area contributed by atoms with Gasteiger partial charge in [0.05, 0.1) is 6.42 Å². The lowest BCUT2D eigenvalue weighted by Gasteiger charge is -2.34. The highest BCUT2D eigenvalue weighted by atomic mass is 16.2. The largest absolute Gasteiger partial charge is 0.357 e. The van der Waals surface area contributed by atoms with E-state index >= 15 is 0 Å². The van der Waals surface area contributed by atoms with Crippen LogP contribution >= 0.6 is 0 Å². The minimum absolute atomic E-state index is 0.0613. The Kier molecular flexibility index (Phi) is 4.46. The first kappa shape index (κ1) is 13.5. The Bertz CT molecular complexity index is 449. The molecule has 1 unspecified atom stereocenters. The summed E-state index contributed by atoms with van der Waals surface area (Å²) in [5.41, 5.74) is 0.724. The molecule has 6 heteroatoms. The molecule has 2 rings (SSSR count). The number of carbonyl (C=O) groups excluding carboxylic acids is 2. The number of carbonyl (C=O) groups is 2. The zero-order chi connectivity index (χ0) is 13.7. The van der Waals surface area contributed by atoms with E-state index in [4.69, 9.17) is 0 Å². The van der Waals surface area contributed by atoms with E-state index in [2.05, 4.69) is 15.6 Å². The maximum absolute atomic E-state index is 12.3. The summed E-state index contributed by atoms with van der Waals surface area (Å²) in [6.45, 7) is 1.75. The maximum atomic E-state index is 12.3. The molecule has 1 saturated heterocycles. The van der Waals surface area contributed by atoms with E-state index in [0.717, 1.165) is 5.69 Å². The molecule has 2 N–H and O–H groups in total. The lowest BCUT2D eigenvalue weighted by atomic mass is 10.1. The molecule has 0 radical (unpaired) electrons. The van der Waals surface area contributed by atoms with E-state index in [1.807, 2.05) is 18.2 Å². The molecule has 1 atom stereocenters. The fourth-order valence-corrected chi connectivity index (χ4v) is 2.16. The number of piperazine rings is 1. The fraction of sp³-hybridized carbons (Fsp3) is 0.462. The average Bonchev–Trinajstić information content (AvgIpc) is 2.47. The molecule has 6 nitrogen and oxygen atoms in total. The smallest absolute Gasteiger partial charge is 0.243 e. The van der Waals surface area contributed by atoms with Gasteiger partial charge in [-0.05, 0) is 12.1 Å². The molecular weight excluding hydrogens is 244 g/mol. The number of nitrogens with one attached hydrogen (secondary N) is 2. The predicted octanol–water partition coefficient (Wildman–Crippen LogP) is -0.829. The monoisotopic (exact) mass is 262 g/mol. The van der Waals surface area contributed by atoms with Crippen LogP contribution in [0.2, 0.25) is 0 Å². The first-order valence-electron chi connectivity index (χ1n) is 6.34. The van der Waals surface area contributed by atoms with Gasteiger partial charge in [0.1, 0.15) is 6.04 Å². The van der Waals surface area contributed by atoms with Crippen LogP contribution in [0.3, 0.4) is 0 Å². The zero-order valence-corrected chi connectivity index (χ0v) is 10.9. The minimum Gasteiger partial charge on any atom is -0.357 e. The van der Waals surface area contributed by atoms with Crippen molar-refractivity contribution in [2.75, 3.05) is 26.7 Å². The van der Waals surface area contributed by atoms with Gasteiger partial charge < -0.3 is 15.5 Å². The Labute approximate surface area is 112 Å². The van der Waals surface area contributed by atoms with E-state index in [0.29, 0.717) is 19.6 Å². The normalized spacial score (nSPS) is 19.0. The Hall–Kier alpha value is -1.95. The molecule has 0 spiro atoms. The van der Waals surface area contributed by atoms with Gasteiger partial charge >= 0.3 is 0 Å². The molecule has 19 heavy (non-hydrogen) atoms. The zero-order valence-electron chi connectivity index (χ0n) is 10.9. The summed E-state index contributed by atoms with van der Waals surface area (Å²) in [7, 11) is 1.58. The summed E-state index contributed by atoms with van der Waals surface area (Å²) in [5, 5.41) is 5.72. The summed E-state index contributed by atoms with van der Waals surface area (Å²) in [4.78, 5) is 29.8. The number of nitrogens with zero attached hydrogens (tertiary/aromatic N) is 2. The van der Waals surface area contributed by atoms with Crippen molar-refractivity contribution in [3.63, 3.8) is 0 Å². The van der Waals surface area contributed by atoms with Crippen LogP contribution in [0.5, 0.6) is 0 Å². The van der Waals surface area contributed by atoms with E-state index in [1.165, 1.54) is 0 Å². The first-order valence-corrected chi connectivity index (χ1v) is 6.34. The van der Waals surface area contributed by atoms with Crippen molar-refractivity contribution in [1.82, 2.24) is 20.5 Å². The van der Waals surface area contributed by atoms with Crippen LogP contribution < -0.4 is 10.6 Å². The van der Waals surface area contributed by atoms with Crippen molar-refractivity contribution in [1.29, 1.82) is 0 Å². The van der Waals surface area contributed by atoms with Crippen LogP contribution in [0, 0.1) is 0 Å². The Balaban J connectivity index is 2.05. The highest BCUT2D eigenvalue weighted by Gasteiger charge is 2.31. The van der Waals surface area contributed by atoms with Gasteiger partial charge in [0.2, 0.25) is 11.8 Å². The molecule has 2 heterocycles. The Morgan fingerprint density at radius 1 is 1.53 bits per heavy atom. The molecule has 1 aromatic heterocycles. The second-order valence-corrected chi connectivity index (χ2v) is 4.42. The Morgan fingerprint density at radius 2 is 2.37 bits per heavy atom. The second-order valence-electron chi connectivity index (χ2n) is 4.42. The van der Waals surface area contributed by atoms with Gasteiger partial charge in [0, 0.05) is 38.6 Å². The molecule has 1 aromatic rings. The number of rotatable bonds is 3. The van der Waals surface area contributed by atoms with Crippen molar-refractivity contribution in [3.05, 3.63) is 30.1 Å². The van der Waals surface area contributed by atoms with Crippen molar-refractivity contribution >= 4 is 11.8 Å². The number of pyridine rings is 1. The number of hydrogen-bond acceptors (Lipinski definition) is 4. The molecule has 0 bridgehead atoms. The van der Waals surface area contributed by atoms with Gasteiger partial charge in [0.15, 0.2) is 0 Å². The molecule has 1 aliphatic rings. The highest BCUT2D eigenvalue weighted by Crippen LogP contribution is 2.07. The lowest BCUT2D eigenvalue weighted by Crippen LogP contribution is -2.59. The molecule has 0 saturated carbocycles. The minimum atomic E-state index is -0.435. The third-order valence-electron chi connectivity index (χ3n) is 3.17. The predicted molar refractivity (Wildman–Crippen MR) is 70.4 cm³/mol. The van der Waals surface area contributed by atoms with Crippen molar-refractivity contribution < 1.29 is 9.59 Å². The van der Waals surface area contributed by atoms with Crippen molar-refractivity contribution in [2.45, 2.75) is 12.5 Å². The van der Waals surface area contributed by atoms with Gasteiger partial charge in [-0.2, -0.15) is 0 Å². The number of hydrogen-bond donors (Lipinski definition) is 2. The summed E-state index contributed by atoms with van der Waals surface area (Å²) >= 11 is 0. The molecule has 1 aliphatic heterocycles. The van der Waals surface area contributed by atoms with Gasteiger partial charge in [-0.1, -0.05) is 6.07 Å². The van der Waals surface area contributed by atoms with E-state index in [-0.39, 0.29) is 18.2 Å². The van der Waals surface area contributed by atoms with Gasteiger partial charge in [-0.25, -0.2) is 0 Å². The summed E-state index contributed by atoms with van der Waals surface area (Å²) in [6.07, 6.45) is 1.89. The van der Waals surface area contributed by atoms with Gasteiger partial charge in [-0.15, -0.1) is 0 Å². The van der Waals surface area contributed by atoms with Crippen LogP contribution in [-0.2, 0) is 16.0 Å². The van der Waals surface area contributed by atoms with Crippen LogP contribution in [0.4, 0.5) is 0 Å². The van der Waals surface area contributed by atoms with E-state index < -0.39 is 6.04 Å². The molecule has 2 amide bonds. The lowest BCUT2D eigenvalue weighted by molar-refractivity contribution is -0.140. The van der Waals surface area contributed by atoms with Crippen molar-refractivity contribution in [2.24, 2.45) is 0 Å². The SMILES string of the molecule is CNC(=O)C1CNCCN1C(=O)Cc1ccccn1. The molecule has 0 aliphatic carbocycles. The molecule has 0 aromatic carbocycles. The third-order valence-corrected chi connectivity index (χ3v) is 3.17. The van der Waals surface area contributed by atoms with Crippen LogP contribution in [0.25, 0.3) is 0 Å². The van der Waals surface area contributed by atoms with E-state index in [9.17, 15) is 9.59 Å².